The summed E-state index contributed by atoms with van der Waals surface area (Å²) < 4.78 is 14.0. The quantitative estimate of drug-likeness (QED) is 0.567. The normalized spacial score (nSPS) is 20.0. The molecule has 0 bridgehead atoms. The van der Waals surface area contributed by atoms with Gasteiger partial charge in [0.1, 0.15) is 5.82 Å². The SMILES string of the molecule is CNCc1cc2c(cc1F)C[C@H](CCCB(O)O)[C@@H]2C(=O)O. The van der Waals surface area contributed by atoms with E-state index >= 15 is 0 Å². The first-order chi connectivity index (χ1) is 10.4. The van der Waals surface area contributed by atoms with Gasteiger partial charge in [0, 0.05) is 12.1 Å². The van der Waals surface area contributed by atoms with Crippen LogP contribution in [0.25, 0.3) is 0 Å². The van der Waals surface area contributed by atoms with Gasteiger partial charge in [0.25, 0.3) is 0 Å². The van der Waals surface area contributed by atoms with Gasteiger partial charge in [-0.1, -0.05) is 12.5 Å². The molecule has 0 amide bonds. The third-order valence-electron chi connectivity index (χ3n) is 4.27. The van der Waals surface area contributed by atoms with Crippen LogP contribution in [0.2, 0.25) is 6.32 Å². The highest BCUT2D eigenvalue weighted by Crippen LogP contribution is 2.41. The lowest BCUT2D eigenvalue weighted by Gasteiger charge is -2.16. The largest absolute Gasteiger partial charge is 0.481 e. The Hall–Kier alpha value is -1.44. The second-order valence-corrected chi connectivity index (χ2v) is 5.86. The molecule has 0 saturated carbocycles. The molecule has 1 aromatic carbocycles. The molecule has 0 fully saturated rings. The van der Waals surface area contributed by atoms with Crippen LogP contribution in [-0.2, 0) is 17.8 Å². The molecule has 0 radical (unpaired) electrons. The maximum Gasteiger partial charge on any atom is 0.451 e. The van der Waals surface area contributed by atoms with Gasteiger partial charge in [0.15, 0.2) is 0 Å². The maximum atomic E-state index is 14.0. The molecule has 0 unspecified atom stereocenters. The number of halogens is 1. The van der Waals surface area contributed by atoms with E-state index in [9.17, 15) is 14.3 Å². The van der Waals surface area contributed by atoms with Gasteiger partial charge < -0.3 is 20.5 Å². The van der Waals surface area contributed by atoms with E-state index in [2.05, 4.69) is 5.32 Å². The van der Waals surface area contributed by atoms with Crippen molar-refractivity contribution in [2.24, 2.45) is 5.92 Å². The molecule has 22 heavy (non-hydrogen) atoms. The maximum absolute atomic E-state index is 14.0. The Bertz CT molecular complexity index is 553. The Labute approximate surface area is 129 Å². The lowest BCUT2D eigenvalue weighted by atomic mass is 9.80. The van der Waals surface area contributed by atoms with Crippen LogP contribution in [0, 0.1) is 11.7 Å². The van der Waals surface area contributed by atoms with E-state index in [1.807, 2.05) is 0 Å². The first kappa shape index (κ1) is 16.9. The zero-order valence-electron chi connectivity index (χ0n) is 12.6. The number of aliphatic carboxylic acids is 1. The second kappa shape index (κ2) is 7.22. The minimum atomic E-state index is -1.37. The Morgan fingerprint density at radius 3 is 2.77 bits per heavy atom. The summed E-state index contributed by atoms with van der Waals surface area (Å²) in [6.07, 6.45) is 1.85. The summed E-state index contributed by atoms with van der Waals surface area (Å²) in [6, 6.07) is 3.10. The summed E-state index contributed by atoms with van der Waals surface area (Å²) in [4.78, 5) is 11.6. The van der Waals surface area contributed by atoms with E-state index in [1.165, 1.54) is 6.07 Å². The van der Waals surface area contributed by atoms with Crippen molar-refractivity contribution in [2.45, 2.75) is 38.0 Å². The number of carboxylic acid groups (broad SMARTS) is 1. The summed E-state index contributed by atoms with van der Waals surface area (Å²) >= 11 is 0. The van der Waals surface area contributed by atoms with Gasteiger partial charge in [0.2, 0.25) is 0 Å². The molecule has 4 N–H and O–H groups in total. The van der Waals surface area contributed by atoms with Crippen molar-refractivity contribution >= 4 is 13.1 Å². The van der Waals surface area contributed by atoms with Gasteiger partial charge in [-0.3, -0.25) is 4.79 Å². The number of hydrogen-bond donors (Lipinski definition) is 4. The van der Waals surface area contributed by atoms with E-state index in [1.54, 1.807) is 13.1 Å². The van der Waals surface area contributed by atoms with Gasteiger partial charge in [-0.15, -0.1) is 0 Å². The van der Waals surface area contributed by atoms with E-state index < -0.39 is 19.0 Å². The summed E-state index contributed by atoms with van der Waals surface area (Å²) in [5, 5.41) is 30.2. The number of nitrogens with one attached hydrogen (secondary N) is 1. The predicted octanol–water partition coefficient (Wildman–Crippen LogP) is 1.14. The molecule has 0 heterocycles. The van der Waals surface area contributed by atoms with Gasteiger partial charge in [-0.25, -0.2) is 4.39 Å². The average Bonchev–Trinajstić information content (AvgIpc) is 2.76. The highest BCUT2D eigenvalue weighted by atomic mass is 19.1. The van der Waals surface area contributed by atoms with Crippen LogP contribution in [0.1, 0.15) is 35.4 Å². The Morgan fingerprint density at radius 1 is 1.45 bits per heavy atom. The van der Waals surface area contributed by atoms with Gasteiger partial charge in [0.05, 0.1) is 5.92 Å². The molecule has 0 spiro atoms. The molecule has 1 aromatic rings. The molecule has 1 aliphatic carbocycles. The molecule has 1 aliphatic rings. The third-order valence-corrected chi connectivity index (χ3v) is 4.27. The van der Waals surface area contributed by atoms with Gasteiger partial charge in [-0.05, 0) is 49.3 Å². The summed E-state index contributed by atoms with van der Waals surface area (Å²) in [5.74, 6) is -2.00. The zero-order valence-corrected chi connectivity index (χ0v) is 12.6. The van der Waals surface area contributed by atoms with Crippen LogP contribution in [0.5, 0.6) is 0 Å². The molecular weight excluding hydrogens is 288 g/mol. The topological polar surface area (TPSA) is 89.8 Å². The Balaban J connectivity index is 2.21. The number of fused-ring (bicyclic) bond motifs is 1. The first-order valence-electron chi connectivity index (χ1n) is 7.48. The van der Waals surface area contributed by atoms with Crippen LogP contribution < -0.4 is 5.32 Å². The smallest absolute Gasteiger partial charge is 0.451 e. The van der Waals surface area contributed by atoms with E-state index in [0.717, 1.165) is 5.56 Å². The fourth-order valence-electron chi connectivity index (χ4n) is 3.29. The fraction of sp³-hybridized carbons (Fsp3) is 0.533. The molecule has 2 rings (SSSR count). The van der Waals surface area contributed by atoms with Crippen LogP contribution in [-0.4, -0.2) is 35.3 Å². The lowest BCUT2D eigenvalue weighted by Crippen LogP contribution is -2.19. The van der Waals surface area contributed by atoms with Crippen LogP contribution in [0.15, 0.2) is 12.1 Å². The average molecular weight is 309 g/mol. The van der Waals surface area contributed by atoms with Crippen LogP contribution >= 0.6 is 0 Å². The Morgan fingerprint density at radius 2 is 2.18 bits per heavy atom. The highest BCUT2D eigenvalue weighted by molar-refractivity contribution is 6.40. The summed E-state index contributed by atoms with van der Waals surface area (Å²) in [6.45, 7) is 0.354. The minimum Gasteiger partial charge on any atom is -0.481 e. The van der Waals surface area contributed by atoms with Crippen molar-refractivity contribution in [2.75, 3.05) is 7.05 Å². The summed E-state index contributed by atoms with van der Waals surface area (Å²) in [7, 11) is 0.344. The highest BCUT2D eigenvalue weighted by Gasteiger charge is 2.38. The molecule has 0 saturated heterocycles. The van der Waals surface area contributed by atoms with Gasteiger partial charge in [-0.2, -0.15) is 0 Å². The minimum absolute atomic E-state index is 0.129. The third kappa shape index (κ3) is 3.66. The number of carboxylic acids is 1. The van der Waals surface area contributed by atoms with Crippen LogP contribution in [0.4, 0.5) is 4.39 Å². The molecule has 5 nitrogen and oxygen atoms in total. The lowest BCUT2D eigenvalue weighted by molar-refractivity contribution is -0.139. The number of benzene rings is 1. The first-order valence-corrected chi connectivity index (χ1v) is 7.48. The predicted molar refractivity (Wildman–Crippen MR) is 81.0 cm³/mol. The molecule has 0 aliphatic heterocycles. The molecule has 0 aromatic heterocycles. The molecule has 7 heteroatoms. The number of carbonyl (C=O) groups is 1. The number of rotatable bonds is 7. The van der Waals surface area contributed by atoms with Crippen molar-refractivity contribution in [3.63, 3.8) is 0 Å². The monoisotopic (exact) mass is 309 g/mol. The van der Waals surface area contributed by atoms with E-state index in [0.29, 0.717) is 36.9 Å². The van der Waals surface area contributed by atoms with E-state index in [4.69, 9.17) is 10.0 Å². The number of hydrogen-bond acceptors (Lipinski definition) is 4. The second-order valence-electron chi connectivity index (χ2n) is 5.86. The summed E-state index contributed by atoms with van der Waals surface area (Å²) in [5.41, 5.74) is 1.91. The zero-order chi connectivity index (χ0) is 16.3. The van der Waals surface area contributed by atoms with Crippen molar-refractivity contribution < 1.29 is 24.3 Å². The Kier molecular flexibility index (Phi) is 5.55. The van der Waals surface area contributed by atoms with Crippen molar-refractivity contribution in [1.82, 2.24) is 5.32 Å². The standard InChI is InChI=1S/C15H21BFNO4/c1-18-8-11-6-12-10(7-13(11)17)5-9(14(12)15(19)20)3-2-4-16(21)22/h6-7,9,14,18,21-22H,2-5,8H2,1H3,(H,19,20)/t9-,14-/m0/s1. The van der Waals surface area contributed by atoms with Gasteiger partial charge >= 0.3 is 13.1 Å². The van der Waals surface area contributed by atoms with Crippen molar-refractivity contribution in [3.8, 4) is 0 Å². The van der Waals surface area contributed by atoms with E-state index in [-0.39, 0.29) is 18.1 Å². The fourth-order valence-corrected chi connectivity index (χ4v) is 3.29. The molecular formula is C15H21BFNO4. The molecule has 2 atom stereocenters. The van der Waals surface area contributed by atoms with Crippen molar-refractivity contribution in [3.05, 3.63) is 34.6 Å². The van der Waals surface area contributed by atoms with Crippen LogP contribution in [0.3, 0.4) is 0 Å². The molecule has 120 valence electrons. The van der Waals surface area contributed by atoms with Crippen molar-refractivity contribution in [1.29, 1.82) is 0 Å².